The second-order valence-corrected chi connectivity index (χ2v) is 4.58. The van der Waals surface area contributed by atoms with E-state index in [-0.39, 0.29) is 12.5 Å². The van der Waals surface area contributed by atoms with Crippen LogP contribution in [0.1, 0.15) is 16.8 Å². The highest BCUT2D eigenvalue weighted by atomic mass is 16.3. The van der Waals surface area contributed by atoms with E-state index in [1.165, 1.54) is 0 Å². The van der Waals surface area contributed by atoms with E-state index in [1.54, 1.807) is 0 Å². The number of aliphatic hydroxyl groups is 1. The Labute approximate surface area is 108 Å². The van der Waals surface area contributed by atoms with Crippen molar-refractivity contribution >= 4 is 5.91 Å². The summed E-state index contributed by atoms with van der Waals surface area (Å²) in [5.74, 6) is 0.112. The molecule has 0 spiro atoms. The van der Waals surface area contributed by atoms with Gasteiger partial charge in [0.2, 0.25) is 0 Å². The molecule has 1 amide bonds. The van der Waals surface area contributed by atoms with E-state index >= 15 is 0 Å². The van der Waals surface area contributed by atoms with Crippen LogP contribution >= 0.6 is 0 Å². The molecule has 1 aliphatic rings. The van der Waals surface area contributed by atoms with Crippen LogP contribution in [0.25, 0.3) is 0 Å². The Morgan fingerprint density at radius 2 is 1.89 bits per heavy atom. The maximum atomic E-state index is 12.3. The highest BCUT2D eigenvalue weighted by Gasteiger charge is 2.19. The fraction of sp³-hybridized carbons (Fsp3) is 0.500. The largest absolute Gasteiger partial charge is 0.395 e. The van der Waals surface area contributed by atoms with Gasteiger partial charge in [-0.1, -0.05) is 18.2 Å². The molecule has 1 aromatic rings. The molecule has 0 unspecified atom stereocenters. The lowest BCUT2D eigenvalue weighted by atomic mass is 10.2. The van der Waals surface area contributed by atoms with Gasteiger partial charge in [-0.3, -0.25) is 9.69 Å². The molecule has 1 aliphatic heterocycles. The molecule has 2 rings (SSSR count). The molecule has 1 heterocycles. The lowest BCUT2D eigenvalue weighted by Crippen LogP contribution is -2.35. The number of carbonyl (C=O) groups excluding carboxylic acids is 1. The minimum absolute atomic E-state index is 0.112. The zero-order valence-electron chi connectivity index (χ0n) is 10.6. The van der Waals surface area contributed by atoms with Gasteiger partial charge in [0.15, 0.2) is 0 Å². The number of aliphatic hydroxyl groups excluding tert-OH is 1. The summed E-state index contributed by atoms with van der Waals surface area (Å²) in [6.45, 7) is 4.24. The van der Waals surface area contributed by atoms with E-state index in [0.717, 1.165) is 38.2 Å². The third kappa shape index (κ3) is 3.31. The van der Waals surface area contributed by atoms with Crippen molar-refractivity contribution in [1.82, 2.24) is 9.80 Å². The molecular formula is C14H20N2O2. The zero-order chi connectivity index (χ0) is 12.8. The van der Waals surface area contributed by atoms with E-state index in [9.17, 15) is 4.79 Å². The Bertz CT molecular complexity index is 381. The topological polar surface area (TPSA) is 43.8 Å². The second kappa shape index (κ2) is 6.52. The average Bonchev–Trinajstić information content (AvgIpc) is 2.65. The second-order valence-electron chi connectivity index (χ2n) is 4.58. The van der Waals surface area contributed by atoms with Crippen LogP contribution < -0.4 is 0 Å². The highest BCUT2D eigenvalue weighted by Crippen LogP contribution is 2.08. The van der Waals surface area contributed by atoms with Crippen LogP contribution in [0.15, 0.2) is 30.3 Å². The third-order valence-corrected chi connectivity index (χ3v) is 3.31. The highest BCUT2D eigenvalue weighted by molar-refractivity contribution is 5.94. The Morgan fingerprint density at radius 3 is 2.61 bits per heavy atom. The summed E-state index contributed by atoms with van der Waals surface area (Å²) in [7, 11) is 0. The number of benzene rings is 1. The van der Waals surface area contributed by atoms with Crippen LogP contribution in [0.3, 0.4) is 0 Å². The number of hydrogen-bond donors (Lipinski definition) is 1. The van der Waals surface area contributed by atoms with Gasteiger partial charge in [-0.2, -0.15) is 0 Å². The van der Waals surface area contributed by atoms with Crippen LogP contribution in [-0.2, 0) is 0 Å². The molecule has 1 N–H and O–H groups in total. The first-order chi connectivity index (χ1) is 8.81. The maximum absolute atomic E-state index is 12.3. The average molecular weight is 248 g/mol. The lowest BCUT2D eigenvalue weighted by Gasteiger charge is -2.21. The molecule has 4 nitrogen and oxygen atoms in total. The van der Waals surface area contributed by atoms with Gasteiger partial charge < -0.3 is 10.0 Å². The summed E-state index contributed by atoms with van der Waals surface area (Å²) in [6, 6.07) is 9.42. The fourth-order valence-corrected chi connectivity index (χ4v) is 2.30. The number of nitrogens with zero attached hydrogens (tertiary/aromatic N) is 2. The molecule has 4 heteroatoms. The first-order valence-corrected chi connectivity index (χ1v) is 6.49. The van der Waals surface area contributed by atoms with Gasteiger partial charge in [0.25, 0.3) is 5.91 Å². The lowest BCUT2D eigenvalue weighted by molar-refractivity contribution is 0.0760. The van der Waals surface area contributed by atoms with Crippen molar-refractivity contribution in [2.75, 3.05) is 39.3 Å². The Morgan fingerprint density at radius 1 is 1.11 bits per heavy atom. The molecule has 98 valence electrons. The molecule has 0 aliphatic carbocycles. The summed E-state index contributed by atoms with van der Waals surface area (Å²) < 4.78 is 0. The molecule has 1 aromatic carbocycles. The molecule has 0 bridgehead atoms. The first kappa shape index (κ1) is 13.1. The van der Waals surface area contributed by atoms with Gasteiger partial charge in [0.1, 0.15) is 0 Å². The smallest absolute Gasteiger partial charge is 0.253 e. The zero-order valence-corrected chi connectivity index (χ0v) is 10.6. The van der Waals surface area contributed by atoms with Gasteiger partial charge in [-0.15, -0.1) is 0 Å². The summed E-state index contributed by atoms with van der Waals surface area (Å²) >= 11 is 0. The van der Waals surface area contributed by atoms with Gasteiger partial charge >= 0.3 is 0 Å². The fourth-order valence-electron chi connectivity index (χ4n) is 2.30. The Kier molecular flexibility index (Phi) is 4.73. The van der Waals surface area contributed by atoms with Crippen molar-refractivity contribution in [3.05, 3.63) is 35.9 Å². The van der Waals surface area contributed by atoms with Gasteiger partial charge in [-0.05, 0) is 25.1 Å². The summed E-state index contributed by atoms with van der Waals surface area (Å²) in [6.07, 6.45) is 0.971. The van der Waals surface area contributed by atoms with Crippen molar-refractivity contribution in [3.8, 4) is 0 Å². The minimum Gasteiger partial charge on any atom is -0.395 e. The number of hydrogen-bond acceptors (Lipinski definition) is 3. The normalized spacial score (nSPS) is 17.5. The number of rotatable bonds is 3. The molecule has 18 heavy (non-hydrogen) atoms. The van der Waals surface area contributed by atoms with Crippen molar-refractivity contribution in [2.24, 2.45) is 0 Å². The SMILES string of the molecule is O=C(c1ccccc1)N1CCCN(CCO)CC1. The van der Waals surface area contributed by atoms with Crippen LogP contribution in [0.2, 0.25) is 0 Å². The molecule has 1 fully saturated rings. The summed E-state index contributed by atoms with van der Waals surface area (Å²) in [5.41, 5.74) is 0.758. The van der Waals surface area contributed by atoms with E-state index in [2.05, 4.69) is 4.90 Å². The van der Waals surface area contributed by atoms with Crippen LogP contribution in [0, 0.1) is 0 Å². The summed E-state index contributed by atoms with van der Waals surface area (Å²) in [5, 5.41) is 8.94. The van der Waals surface area contributed by atoms with E-state index in [0.29, 0.717) is 6.54 Å². The van der Waals surface area contributed by atoms with E-state index in [4.69, 9.17) is 5.11 Å². The van der Waals surface area contributed by atoms with Crippen molar-refractivity contribution in [2.45, 2.75) is 6.42 Å². The van der Waals surface area contributed by atoms with E-state index in [1.807, 2.05) is 35.2 Å². The molecule has 0 aromatic heterocycles. The monoisotopic (exact) mass is 248 g/mol. The number of carbonyl (C=O) groups is 1. The quantitative estimate of drug-likeness (QED) is 0.861. The van der Waals surface area contributed by atoms with Gasteiger partial charge in [-0.25, -0.2) is 0 Å². The predicted molar refractivity (Wildman–Crippen MR) is 70.5 cm³/mol. The van der Waals surface area contributed by atoms with Crippen LogP contribution in [0.4, 0.5) is 0 Å². The summed E-state index contributed by atoms with van der Waals surface area (Å²) in [4.78, 5) is 16.4. The van der Waals surface area contributed by atoms with Crippen molar-refractivity contribution in [1.29, 1.82) is 0 Å². The molecular weight excluding hydrogens is 228 g/mol. The molecule has 0 radical (unpaired) electrons. The van der Waals surface area contributed by atoms with Crippen molar-refractivity contribution < 1.29 is 9.90 Å². The predicted octanol–water partition coefficient (Wildman–Crippen LogP) is 0.827. The van der Waals surface area contributed by atoms with Gasteiger partial charge in [0.05, 0.1) is 6.61 Å². The molecule has 0 atom stereocenters. The Hall–Kier alpha value is -1.39. The van der Waals surface area contributed by atoms with E-state index < -0.39 is 0 Å². The standard InChI is InChI=1S/C14H20N2O2/c17-12-11-15-7-4-8-16(10-9-15)14(18)13-5-2-1-3-6-13/h1-3,5-6,17H,4,7-12H2. The third-order valence-electron chi connectivity index (χ3n) is 3.31. The van der Waals surface area contributed by atoms with Gasteiger partial charge in [0, 0.05) is 31.7 Å². The van der Waals surface area contributed by atoms with Crippen molar-refractivity contribution in [3.63, 3.8) is 0 Å². The number of amides is 1. The molecule has 0 saturated carbocycles. The minimum atomic E-state index is 0.112. The Balaban J connectivity index is 1.96. The van der Waals surface area contributed by atoms with Crippen LogP contribution in [0.5, 0.6) is 0 Å². The maximum Gasteiger partial charge on any atom is 0.253 e. The first-order valence-electron chi connectivity index (χ1n) is 6.49. The van der Waals surface area contributed by atoms with Crippen LogP contribution in [-0.4, -0.2) is 60.1 Å². The number of β-amino-alcohol motifs (C(OH)–C–C–N with tert-alkyl or cyclic N) is 1. The molecule has 1 saturated heterocycles.